The van der Waals surface area contributed by atoms with Gasteiger partial charge in [0.25, 0.3) is 0 Å². The molecule has 0 fully saturated rings. The number of nitrogens with zero attached hydrogens (tertiary/aromatic N) is 1. The number of aliphatic hydroxyl groups excluding tert-OH is 1. The van der Waals surface area contributed by atoms with Crippen LogP contribution in [0, 0.1) is 5.41 Å². The van der Waals surface area contributed by atoms with Gasteiger partial charge in [0.05, 0.1) is 5.57 Å². The zero-order chi connectivity index (χ0) is 19.4. The highest BCUT2D eigenvalue weighted by Gasteiger charge is 2.22. The third kappa shape index (κ3) is 6.18. The van der Waals surface area contributed by atoms with Gasteiger partial charge in [-0.05, 0) is 41.9 Å². The molecule has 0 radical (unpaired) electrons. The Morgan fingerprint density at radius 2 is 1.92 bits per heavy atom. The quantitative estimate of drug-likeness (QED) is 0.223. The van der Waals surface area contributed by atoms with Crippen molar-refractivity contribution in [1.82, 2.24) is 5.01 Å². The summed E-state index contributed by atoms with van der Waals surface area (Å²) in [7, 11) is 1.38. The van der Waals surface area contributed by atoms with Crippen molar-refractivity contribution in [3.05, 3.63) is 53.5 Å². The average Bonchev–Trinajstić information content (AvgIpc) is 2.45. The molecule has 0 bridgehead atoms. The lowest BCUT2D eigenvalue weighted by atomic mass is 9.82. The number of benzene rings is 1. The van der Waals surface area contributed by atoms with Crippen LogP contribution in [-0.2, 0) is 0 Å². The smallest absolute Gasteiger partial charge is 0.211 e. The average molecular weight is 349 g/mol. The van der Waals surface area contributed by atoms with Gasteiger partial charge in [-0.25, -0.2) is 5.84 Å². The number of hydrazine groups is 1. The van der Waals surface area contributed by atoms with Gasteiger partial charge in [-0.15, -0.1) is 0 Å². The summed E-state index contributed by atoms with van der Waals surface area (Å²) in [5.74, 6) is 5.05. The highest BCUT2D eigenvalue weighted by atomic mass is 19.1. The van der Waals surface area contributed by atoms with Crippen LogP contribution in [0.3, 0.4) is 0 Å². The molecule has 5 heteroatoms. The van der Waals surface area contributed by atoms with Gasteiger partial charge in [0.1, 0.15) is 0 Å². The normalized spacial score (nSPS) is 15.2. The number of nitrogens with one attached hydrogen (secondary N) is 1. The molecule has 0 aliphatic carbocycles. The molecule has 4 N–H and O–H groups in total. The van der Waals surface area contributed by atoms with E-state index in [1.54, 1.807) is 6.92 Å². The number of halogens is 1. The van der Waals surface area contributed by atoms with E-state index in [1.807, 2.05) is 24.3 Å². The summed E-state index contributed by atoms with van der Waals surface area (Å²) in [5.41, 5.74) is 2.50. The Hall–Kier alpha value is -1.85. The van der Waals surface area contributed by atoms with Gasteiger partial charge >= 0.3 is 0 Å². The minimum Gasteiger partial charge on any atom is -0.369 e. The van der Waals surface area contributed by atoms with E-state index in [0.717, 1.165) is 22.7 Å². The van der Waals surface area contributed by atoms with Crippen molar-refractivity contribution in [2.24, 2.45) is 11.3 Å². The summed E-state index contributed by atoms with van der Waals surface area (Å²) in [6.07, 6.45) is -0.253. The second-order valence-corrected chi connectivity index (χ2v) is 7.90. The molecule has 1 rings (SSSR count). The van der Waals surface area contributed by atoms with Gasteiger partial charge in [-0.2, -0.15) is 4.39 Å². The molecule has 0 aliphatic heterocycles. The van der Waals surface area contributed by atoms with E-state index in [2.05, 4.69) is 39.6 Å². The van der Waals surface area contributed by atoms with Crippen LogP contribution in [0.25, 0.3) is 0 Å². The molecule has 140 valence electrons. The summed E-state index contributed by atoms with van der Waals surface area (Å²) >= 11 is 0. The van der Waals surface area contributed by atoms with Crippen LogP contribution in [0.5, 0.6) is 0 Å². The summed E-state index contributed by atoms with van der Waals surface area (Å²) in [5, 5.41) is 14.4. The van der Waals surface area contributed by atoms with Gasteiger partial charge in [-0.1, -0.05) is 52.5 Å². The van der Waals surface area contributed by atoms with Crippen molar-refractivity contribution in [3.8, 4) is 0 Å². The molecule has 1 aromatic rings. The molecule has 25 heavy (non-hydrogen) atoms. The molecule has 1 aromatic carbocycles. The Bertz CT molecular complexity index is 632. The molecule has 0 saturated heterocycles. The second-order valence-electron chi connectivity index (χ2n) is 7.90. The Labute approximate surface area is 151 Å². The van der Waals surface area contributed by atoms with Crippen molar-refractivity contribution in [1.29, 1.82) is 0 Å². The molecular formula is C20H32FN3O. The Kier molecular flexibility index (Phi) is 7.20. The lowest BCUT2D eigenvalue weighted by molar-refractivity contribution is 0.224. The summed E-state index contributed by atoms with van der Waals surface area (Å²) < 4.78 is 14.3. The zero-order valence-corrected chi connectivity index (χ0v) is 16.2. The summed E-state index contributed by atoms with van der Waals surface area (Å²) in [6, 6.07) is 7.77. The Balaban J connectivity index is 3.15. The van der Waals surface area contributed by atoms with Crippen LogP contribution < -0.4 is 11.2 Å². The molecule has 0 spiro atoms. The Morgan fingerprint density at radius 1 is 1.36 bits per heavy atom. The van der Waals surface area contributed by atoms with Crippen LogP contribution in [-0.4, -0.2) is 23.4 Å². The van der Waals surface area contributed by atoms with Crippen molar-refractivity contribution in [2.45, 2.75) is 53.2 Å². The predicted molar refractivity (Wildman–Crippen MR) is 103 cm³/mol. The number of aliphatic hydroxyl groups is 1. The summed E-state index contributed by atoms with van der Waals surface area (Å²) in [6.45, 7) is 14.1. The molecule has 0 heterocycles. The van der Waals surface area contributed by atoms with Gasteiger partial charge in [0, 0.05) is 12.7 Å². The van der Waals surface area contributed by atoms with E-state index < -0.39 is 12.2 Å². The maximum absolute atomic E-state index is 14.3. The third-order valence-electron chi connectivity index (χ3n) is 3.97. The minimum atomic E-state index is -1.24. The highest BCUT2D eigenvalue weighted by molar-refractivity contribution is 5.55. The first kappa shape index (κ1) is 21.2. The predicted octanol–water partition coefficient (Wildman–Crippen LogP) is 4.52. The van der Waals surface area contributed by atoms with Gasteiger partial charge in [0.15, 0.2) is 6.23 Å². The van der Waals surface area contributed by atoms with E-state index in [-0.39, 0.29) is 16.9 Å². The number of para-hydroxylation sites is 1. The van der Waals surface area contributed by atoms with Crippen LogP contribution >= 0.6 is 0 Å². The van der Waals surface area contributed by atoms with Crippen molar-refractivity contribution < 1.29 is 9.50 Å². The molecule has 0 saturated carbocycles. The molecule has 0 amide bonds. The Morgan fingerprint density at radius 3 is 2.40 bits per heavy atom. The number of hydrogen-bond donors (Lipinski definition) is 3. The van der Waals surface area contributed by atoms with Crippen LogP contribution in [0.4, 0.5) is 10.1 Å². The lowest BCUT2D eigenvalue weighted by Crippen LogP contribution is -2.30. The first-order valence-electron chi connectivity index (χ1n) is 8.51. The molecule has 4 nitrogen and oxygen atoms in total. The summed E-state index contributed by atoms with van der Waals surface area (Å²) in [4.78, 5) is 0. The largest absolute Gasteiger partial charge is 0.369 e. The number of hydrogen-bond acceptors (Lipinski definition) is 4. The van der Waals surface area contributed by atoms with Crippen molar-refractivity contribution in [2.75, 3.05) is 12.4 Å². The lowest BCUT2D eigenvalue weighted by Gasteiger charge is -2.27. The second kappa shape index (κ2) is 8.50. The zero-order valence-electron chi connectivity index (χ0n) is 16.2. The molecule has 2 atom stereocenters. The topological polar surface area (TPSA) is 61.5 Å². The van der Waals surface area contributed by atoms with Crippen LogP contribution in [0.15, 0.2) is 47.9 Å². The van der Waals surface area contributed by atoms with Crippen molar-refractivity contribution >= 4 is 5.69 Å². The van der Waals surface area contributed by atoms with Crippen LogP contribution in [0.2, 0.25) is 0 Å². The van der Waals surface area contributed by atoms with E-state index in [9.17, 15) is 9.50 Å². The van der Waals surface area contributed by atoms with E-state index in [1.165, 1.54) is 7.05 Å². The number of nitrogens with two attached hydrogens (primary N) is 1. The SMILES string of the molecule is C=C(C)/C(=C(/F)N(C)N)C(O)Nc1ccccc1[C@@H](C)CC(C)(C)C. The molecule has 1 unspecified atom stereocenters. The monoisotopic (exact) mass is 349 g/mol. The van der Waals surface area contributed by atoms with E-state index in [0.29, 0.717) is 5.57 Å². The standard InChI is InChI=1S/C20H32FN3O/c1-13(2)17(18(21)24(7)22)19(25)23-16-11-9-8-10-15(16)14(3)12-20(4,5)6/h8-11,14,19,23,25H,1,12,22H2,2-7H3/b18-17+/t14-,19?/m0/s1. The molecule has 0 aromatic heterocycles. The maximum atomic E-state index is 14.3. The number of rotatable bonds is 7. The van der Waals surface area contributed by atoms with Gasteiger partial charge in [0.2, 0.25) is 5.95 Å². The van der Waals surface area contributed by atoms with Gasteiger partial charge in [-0.3, -0.25) is 5.01 Å². The fourth-order valence-electron chi connectivity index (χ4n) is 3.02. The van der Waals surface area contributed by atoms with E-state index >= 15 is 0 Å². The van der Waals surface area contributed by atoms with Crippen LogP contribution in [0.1, 0.15) is 52.5 Å². The highest BCUT2D eigenvalue weighted by Crippen LogP contribution is 2.35. The van der Waals surface area contributed by atoms with Crippen molar-refractivity contribution in [3.63, 3.8) is 0 Å². The minimum absolute atomic E-state index is 0.0447. The first-order valence-corrected chi connectivity index (χ1v) is 8.51. The fourth-order valence-corrected chi connectivity index (χ4v) is 3.02. The first-order chi connectivity index (χ1) is 11.4. The van der Waals surface area contributed by atoms with E-state index in [4.69, 9.17) is 5.84 Å². The number of anilines is 1. The maximum Gasteiger partial charge on any atom is 0.211 e. The van der Waals surface area contributed by atoms with Gasteiger partial charge < -0.3 is 10.4 Å². The molecule has 0 aliphatic rings. The third-order valence-corrected chi connectivity index (χ3v) is 3.97. The molecular weight excluding hydrogens is 317 g/mol. The fraction of sp³-hybridized carbons (Fsp3) is 0.500.